The van der Waals surface area contributed by atoms with E-state index in [1.54, 1.807) is 6.92 Å². The lowest BCUT2D eigenvalue weighted by Crippen LogP contribution is -2.18. The SMILES string of the molecule is Cc1snnc1C(=O)Nc1cnn(CC(F)(F)F)c1. The summed E-state index contributed by atoms with van der Waals surface area (Å²) in [5.41, 5.74) is 0.315. The minimum atomic E-state index is -4.36. The lowest BCUT2D eigenvalue weighted by atomic mass is 10.3. The van der Waals surface area contributed by atoms with Gasteiger partial charge in [-0.3, -0.25) is 9.48 Å². The highest BCUT2D eigenvalue weighted by molar-refractivity contribution is 7.05. The molecule has 0 saturated heterocycles. The van der Waals surface area contributed by atoms with Gasteiger partial charge < -0.3 is 5.32 Å². The van der Waals surface area contributed by atoms with Crippen LogP contribution < -0.4 is 5.32 Å². The standard InChI is InChI=1S/C9H8F3N5OS/c1-5-7(15-16-19-5)8(18)14-6-2-13-17(3-6)4-9(10,11)12/h2-3H,4H2,1H3,(H,14,18). The zero-order chi connectivity index (χ0) is 14.0. The number of anilines is 1. The van der Waals surface area contributed by atoms with Crippen molar-refractivity contribution in [3.63, 3.8) is 0 Å². The lowest BCUT2D eigenvalue weighted by molar-refractivity contribution is -0.142. The van der Waals surface area contributed by atoms with E-state index in [-0.39, 0.29) is 11.4 Å². The second-order valence-corrected chi connectivity index (χ2v) is 4.63. The summed E-state index contributed by atoms with van der Waals surface area (Å²) in [4.78, 5) is 12.3. The average Bonchev–Trinajstić information content (AvgIpc) is 2.85. The predicted octanol–water partition coefficient (Wildman–Crippen LogP) is 1.86. The molecule has 102 valence electrons. The van der Waals surface area contributed by atoms with Crippen LogP contribution in [0.2, 0.25) is 0 Å². The van der Waals surface area contributed by atoms with Crippen molar-refractivity contribution in [1.82, 2.24) is 19.4 Å². The molecule has 2 heterocycles. The van der Waals surface area contributed by atoms with Crippen LogP contribution >= 0.6 is 11.5 Å². The van der Waals surface area contributed by atoms with Gasteiger partial charge in [0, 0.05) is 6.20 Å². The van der Waals surface area contributed by atoms with E-state index in [1.165, 1.54) is 0 Å². The van der Waals surface area contributed by atoms with Gasteiger partial charge in [0.05, 0.1) is 16.8 Å². The number of alkyl halides is 3. The van der Waals surface area contributed by atoms with E-state index in [9.17, 15) is 18.0 Å². The molecule has 1 N–H and O–H groups in total. The number of aryl methyl sites for hydroxylation is 1. The van der Waals surface area contributed by atoms with E-state index in [0.717, 1.165) is 23.9 Å². The molecule has 0 saturated carbocycles. The molecule has 0 spiro atoms. The van der Waals surface area contributed by atoms with Crippen LogP contribution in [0.25, 0.3) is 0 Å². The molecule has 19 heavy (non-hydrogen) atoms. The first-order valence-corrected chi connectivity index (χ1v) is 5.82. The van der Waals surface area contributed by atoms with Gasteiger partial charge in [0.15, 0.2) is 5.69 Å². The van der Waals surface area contributed by atoms with Crippen molar-refractivity contribution in [2.75, 3.05) is 5.32 Å². The van der Waals surface area contributed by atoms with Gasteiger partial charge in [-0.25, -0.2) is 0 Å². The lowest BCUT2D eigenvalue weighted by Gasteiger charge is -2.05. The predicted molar refractivity (Wildman–Crippen MR) is 60.9 cm³/mol. The Morgan fingerprint density at radius 1 is 1.53 bits per heavy atom. The van der Waals surface area contributed by atoms with E-state index in [0.29, 0.717) is 9.56 Å². The fourth-order valence-electron chi connectivity index (χ4n) is 1.33. The van der Waals surface area contributed by atoms with Crippen LogP contribution in [0.4, 0.5) is 18.9 Å². The molecule has 0 aliphatic heterocycles. The minimum Gasteiger partial charge on any atom is -0.318 e. The number of aromatic nitrogens is 4. The zero-order valence-corrected chi connectivity index (χ0v) is 10.4. The molecule has 10 heteroatoms. The normalized spacial score (nSPS) is 11.6. The van der Waals surface area contributed by atoms with Crippen molar-refractivity contribution in [2.45, 2.75) is 19.6 Å². The smallest absolute Gasteiger partial charge is 0.318 e. The molecule has 0 unspecified atom stereocenters. The Labute approximate surface area is 109 Å². The Balaban J connectivity index is 2.04. The Morgan fingerprint density at radius 2 is 2.26 bits per heavy atom. The first-order valence-electron chi connectivity index (χ1n) is 5.04. The van der Waals surface area contributed by atoms with Crippen molar-refractivity contribution in [1.29, 1.82) is 0 Å². The summed E-state index contributed by atoms with van der Waals surface area (Å²) in [6.07, 6.45) is -2.12. The topological polar surface area (TPSA) is 72.7 Å². The van der Waals surface area contributed by atoms with Crippen LogP contribution in [0.3, 0.4) is 0 Å². The minimum absolute atomic E-state index is 0.147. The maximum atomic E-state index is 12.1. The molecule has 2 rings (SSSR count). The molecule has 0 fully saturated rings. The number of nitrogens with zero attached hydrogens (tertiary/aromatic N) is 4. The van der Waals surface area contributed by atoms with E-state index in [1.807, 2.05) is 0 Å². The number of carbonyl (C=O) groups is 1. The number of halogens is 3. The molecule has 0 aliphatic carbocycles. The molecule has 2 aromatic rings. The van der Waals surface area contributed by atoms with Crippen molar-refractivity contribution < 1.29 is 18.0 Å². The quantitative estimate of drug-likeness (QED) is 0.936. The van der Waals surface area contributed by atoms with Gasteiger partial charge in [0.1, 0.15) is 6.54 Å². The first kappa shape index (κ1) is 13.5. The molecular weight excluding hydrogens is 283 g/mol. The van der Waals surface area contributed by atoms with Crippen LogP contribution in [0.1, 0.15) is 15.4 Å². The van der Waals surface area contributed by atoms with Gasteiger partial charge in [-0.1, -0.05) is 4.49 Å². The van der Waals surface area contributed by atoms with Crippen LogP contribution in [-0.4, -0.2) is 31.5 Å². The number of amides is 1. The second-order valence-electron chi connectivity index (χ2n) is 3.67. The third-order valence-corrected chi connectivity index (χ3v) is 2.73. The summed E-state index contributed by atoms with van der Waals surface area (Å²) in [6, 6.07) is 0. The van der Waals surface area contributed by atoms with E-state index < -0.39 is 18.6 Å². The zero-order valence-electron chi connectivity index (χ0n) is 9.60. The van der Waals surface area contributed by atoms with E-state index in [2.05, 4.69) is 20.0 Å². The third kappa shape index (κ3) is 3.50. The summed E-state index contributed by atoms with van der Waals surface area (Å²) in [5, 5.41) is 9.54. The van der Waals surface area contributed by atoms with Gasteiger partial charge in [-0.15, -0.1) is 5.10 Å². The summed E-state index contributed by atoms with van der Waals surface area (Å²) >= 11 is 1.06. The van der Waals surface area contributed by atoms with Crippen molar-refractivity contribution in [3.05, 3.63) is 23.0 Å². The summed E-state index contributed by atoms with van der Waals surface area (Å²) in [5.74, 6) is -0.530. The van der Waals surface area contributed by atoms with E-state index in [4.69, 9.17) is 0 Å². The summed E-state index contributed by atoms with van der Waals surface area (Å²) in [7, 11) is 0. The molecule has 0 aliphatic rings. The second kappa shape index (κ2) is 4.96. The van der Waals surface area contributed by atoms with Crippen molar-refractivity contribution in [3.8, 4) is 0 Å². The van der Waals surface area contributed by atoms with Crippen molar-refractivity contribution >= 4 is 23.1 Å². The van der Waals surface area contributed by atoms with Crippen LogP contribution in [0.15, 0.2) is 12.4 Å². The Hall–Kier alpha value is -1.97. The maximum Gasteiger partial charge on any atom is 0.408 e. The molecule has 6 nitrogen and oxygen atoms in total. The highest BCUT2D eigenvalue weighted by Crippen LogP contribution is 2.18. The number of hydrogen-bond acceptors (Lipinski definition) is 5. The number of hydrogen-bond donors (Lipinski definition) is 1. The van der Waals surface area contributed by atoms with Crippen LogP contribution in [0.5, 0.6) is 0 Å². The van der Waals surface area contributed by atoms with Gasteiger partial charge in [0.2, 0.25) is 0 Å². The van der Waals surface area contributed by atoms with Gasteiger partial charge in [0.25, 0.3) is 5.91 Å². The summed E-state index contributed by atoms with van der Waals surface area (Å²) < 4.78 is 40.7. The fourth-order valence-corrected chi connectivity index (χ4v) is 1.79. The fraction of sp³-hybridized carbons (Fsp3) is 0.333. The monoisotopic (exact) mass is 291 g/mol. The number of nitrogens with one attached hydrogen (secondary N) is 1. The summed E-state index contributed by atoms with van der Waals surface area (Å²) in [6.45, 7) is 0.465. The third-order valence-electron chi connectivity index (χ3n) is 2.10. The maximum absolute atomic E-state index is 12.1. The van der Waals surface area contributed by atoms with Crippen molar-refractivity contribution in [2.24, 2.45) is 0 Å². The Bertz CT molecular complexity index is 591. The van der Waals surface area contributed by atoms with Gasteiger partial charge in [-0.2, -0.15) is 18.3 Å². The molecule has 0 atom stereocenters. The van der Waals surface area contributed by atoms with Gasteiger partial charge >= 0.3 is 6.18 Å². The van der Waals surface area contributed by atoms with Crippen LogP contribution in [-0.2, 0) is 6.54 Å². The highest BCUT2D eigenvalue weighted by Gasteiger charge is 2.28. The molecule has 0 radical (unpaired) electrons. The highest BCUT2D eigenvalue weighted by atomic mass is 32.1. The number of carbonyl (C=O) groups excluding carboxylic acids is 1. The number of rotatable bonds is 3. The van der Waals surface area contributed by atoms with Gasteiger partial charge in [-0.05, 0) is 18.5 Å². The molecule has 0 bridgehead atoms. The molecular formula is C9H8F3N5OS. The van der Waals surface area contributed by atoms with E-state index >= 15 is 0 Å². The first-order chi connectivity index (χ1) is 8.85. The molecule has 2 aromatic heterocycles. The molecule has 1 amide bonds. The largest absolute Gasteiger partial charge is 0.408 e. The average molecular weight is 291 g/mol. The molecule has 0 aromatic carbocycles. The Morgan fingerprint density at radius 3 is 2.84 bits per heavy atom. The van der Waals surface area contributed by atoms with Crippen LogP contribution in [0, 0.1) is 6.92 Å². The Kier molecular flexibility index (Phi) is 3.51.